The highest BCUT2D eigenvalue weighted by Gasteiger charge is 2.10. The number of nitrogens with one attached hydrogen (secondary N) is 1. The highest BCUT2D eigenvalue weighted by Crippen LogP contribution is 2.30. The first-order valence-corrected chi connectivity index (χ1v) is 7.02. The number of para-hydroxylation sites is 2. The predicted molar refractivity (Wildman–Crippen MR) is 82.9 cm³/mol. The molecule has 3 rings (SSSR count). The third kappa shape index (κ3) is 2.99. The van der Waals surface area contributed by atoms with Gasteiger partial charge in [-0.2, -0.15) is 4.68 Å². The summed E-state index contributed by atoms with van der Waals surface area (Å²) in [5, 5.41) is 16.0. The van der Waals surface area contributed by atoms with Crippen molar-refractivity contribution in [1.29, 1.82) is 0 Å². The molecule has 5 nitrogen and oxygen atoms in total. The van der Waals surface area contributed by atoms with Crippen molar-refractivity contribution in [2.45, 2.75) is 6.54 Å². The predicted octanol–water partition coefficient (Wildman–Crippen LogP) is 3.58. The number of halogens is 2. The highest BCUT2D eigenvalue weighted by molar-refractivity contribution is 6.39. The van der Waals surface area contributed by atoms with Gasteiger partial charge in [-0.15, -0.1) is 5.10 Å². The number of hydrogen-bond donors (Lipinski definition) is 1. The highest BCUT2D eigenvalue weighted by atomic mass is 35.5. The number of tetrazole rings is 1. The lowest BCUT2D eigenvalue weighted by atomic mass is 10.3. The minimum absolute atomic E-state index is 0.408. The van der Waals surface area contributed by atoms with E-state index in [0.717, 1.165) is 5.69 Å². The van der Waals surface area contributed by atoms with Crippen molar-refractivity contribution in [3.8, 4) is 5.69 Å². The lowest BCUT2D eigenvalue weighted by Gasteiger charge is -2.10. The zero-order valence-electron chi connectivity index (χ0n) is 10.9. The second kappa shape index (κ2) is 6.11. The van der Waals surface area contributed by atoms with Gasteiger partial charge in [-0.3, -0.25) is 0 Å². The summed E-state index contributed by atoms with van der Waals surface area (Å²) in [6.45, 7) is 0.408. The van der Waals surface area contributed by atoms with Crippen LogP contribution in [-0.4, -0.2) is 20.2 Å². The molecule has 0 saturated heterocycles. The van der Waals surface area contributed by atoms with E-state index in [0.29, 0.717) is 28.1 Å². The molecule has 0 bridgehead atoms. The molecule has 1 heterocycles. The minimum Gasteiger partial charge on any atom is -0.375 e. The molecule has 0 aliphatic rings. The monoisotopic (exact) mass is 319 g/mol. The first kappa shape index (κ1) is 13.9. The first-order valence-electron chi connectivity index (χ1n) is 6.26. The number of benzene rings is 2. The van der Waals surface area contributed by atoms with Crippen LogP contribution in [0.15, 0.2) is 48.5 Å². The topological polar surface area (TPSA) is 55.6 Å². The van der Waals surface area contributed by atoms with Gasteiger partial charge in [-0.05, 0) is 34.7 Å². The van der Waals surface area contributed by atoms with Gasteiger partial charge in [0.2, 0.25) is 0 Å². The molecular formula is C14H11Cl2N5. The van der Waals surface area contributed by atoms with Crippen LogP contribution in [0.25, 0.3) is 5.69 Å². The van der Waals surface area contributed by atoms with Gasteiger partial charge in [0.1, 0.15) is 0 Å². The van der Waals surface area contributed by atoms with Crippen molar-refractivity contribution in [3.05, 3.63) is 64.4 Å². The van der Waals surface area contributed by atoms with Gasteiger partial charge in [0.25, 0.3) is 0 Å². The summed E-state index contributed by atoms with van der Waals surface area (Å²) in [4.78, 5) is 0. The van der Waals surface area contributed by atoms with E-state index < -0.39 is 0 Å². The molecule has 0 unspecified atom stereocenters. The number of anilines is 1. The van der Waals surface area contributed by atoms with E-state index in [1.54, 1.807) is 22.9 Å². The summed E-state index contributed by atoms with van der Waals surface area (Å²) < 4.78 is 1.66. The van der Waals surface area contributed by atoms with Crippen LogP contribution in [0.4, 0.5) is 5.69 Å². The van der Waals surface area contributed by atoms with Crippen LogP contribution < -0.4 is 5.32 Å². The maximum Gasteiger partial charge on any atom is 0.175 e. The Bertz CT molecular complexity index is 722. The molecule has 1 aromatic heterocycles. The van der Waals surface area contributed by atoms with Crippen LogP contribution in [0.5, 0.6) is 0 Å². The second-order valence-corrected chi connectivity index (χ2v) is 5.11. The smallest absolute Gasteiger partial charge is 0.175 e. The van der Waals surface area contributed by atoms with Crippen molar-refractivity contribution < 1.29 is 0 Å². The van der Waals surface area contributed by atoms with E-state index in [9.17, 15) is 0 Å². The third-order valence-electron chi connectivity index (χ3n) is 2.92. The molecular weight excluding hydrogens is 309 g/mol. The standard InChI is InChI=1S/C14H11Cl2N5/c15-11-7-4-8-12(16)14(11)17-9-13-18-19-20-21(13)10-5-2-1-3-6-10/h1-8,17H,9H2. The molecule has 106 valence electrons. The molecule has 0 amide bonds. The number of aromatic nitrogens is 4. The van der Waals surface area contributed by atoms with Gasteiger partial charge in [-0.1, -0.05) is 47.5 Å². The molecule has 0 spiro atoms. The molecule has 2 aromatic carbocycles. The Morgan fingerprint density at radius 2 is 1.67 bits per heavy atom. The van der Waals surface area contributed by atoms with Crippen molar-refractivity contribution >= 4 is 28.9 Å². The maximum atomic E-state index is 6.12. The molecule has 0 aliphatic carbocycles. The Balaban J connectivity index is 1.83. The fourth-order valence-electron chi connectivity index (χ4n) is 1.92. The average Bonchev–Trinajstić information content (AvgIpc) is 2.96. The molecule has 0 atom stereocenters. The summed E-state index contributed by atoms with van der Waals surface area (Å²) in [5.74, 6) is 0.664. The zero-order chi connectivity index (χ0) is 14.7. The van der Waals surface area contributed by atoms with Crippen molar-refractivity contribution in [2.75, 3.05) is 5.32 Å². The van der Waals surface area contributed by atoms with E-state index in [4.69, 9.17) is 23.2 Å². The van der Waals surface area contributed by atoms with Crippen LogP contribution in [0.3, 0.4) is 0 Å². The second-order valence-electron chi connectivity index (χ2n) is 4.29. The quantitative estimate of drug-likeness (QED) is 0.798. The molecule has 21 heavy (non-hydrogen) atoms. The average molecular weight is 320 g/mol. The number of rotatable bonds is 4. The minimum atomic E-state index is 0.408. The lowest BCUT2D eigenvalue weighted by molar-refractivity contribution is 0.768. The summed E-state index contributed by atoms with van der Waals surface area (Å²) in [7, 11) is 0. The molecule has 7 heteroatoms. The third-order valence-corrected chi connectivity index (χ3v) is 3.55. The largest absolute Gasteiger partial charge is 0.375 e. The van der Waals surface area contributed by atoms with Gasteiger partial charge in [0, 0.05) is 0 Å². The maximum absolute atomic E-state index is 6.12. The fraction of sp³-hybridized carbons (Fsp3) is 0.0714. The molecule has 0 aliphatic heterocycles. The summed E-state index contributed by atoms with van der Waals surface area (Å²) in [6.07, 6.45) is 0. The van der Waals surface area contributed by atoms with Crippen LogP contribution >= 0.6 is 23.2 Å². The van der Waals surface area contributed by atoms with Gasteiger partial charge >= 0.3 is 0 Å². The Morgan fingerprint density at radius 1 is 0.952 bits per heavy atom. The Labute approximate surface area is 131 Å². The molecule has 1 N–H and O–H groups in total. The normalized spacial score (nSPS) is 10.6. The lowest BCUT2D eigenvalue weighted by Crippen LogP contribution is -2.09. The fourth-order valence-corrected chi connectivity index (χ4v) is 2.45. The SMILES string of the molecule is Clc1cccc(Cl)c1NCc1nnnn1-c1ccccc1. The zero-order valence-corrected chi connectivity index (χ0v) is 12.4. The van der Waals surface area contributed by atoms with E-state index in [1.165, 1.54) is 0 Å². The van der Waals surface area contributed by atoms with E-state index in [2.05, 4.69) is 20.8 Å². The summed E-state index contributed by atoms with van der Waals surface area (Å²) >= 11 is 12.2. The van der Waals surface area contributed by atoms with Gasteiger partial charge in [0.05, 0.1) is 28.0 Å². The molecule has 3 aromatic rings. The molecule has 0 saturated carbocycles. The van der Waals surface area contributed by atoms with Crippen molar-refractivity contribution in [2.24, 2.45) is 0 Å². The van der Waals surface area contributed by atoms with Gasteiger partial charge in [0.15, 0.2) is 5.82 Å². The summed E-state index contributed by atoms with van der Waals surface area (Å²) in [5.41, 5.74) is 1.56. The van der Waals surface area contributed by atoms with E-state index in [1.807, 2.05) is 30.3 Å². The van der Waals surface area contributed by atoms with Crippen LogP contribution in [0.1, 0.15) is 5.82 Å². The number of hydrogen-bond acceptors (Lipinski definition) is 4. The van der Waals surface area contributed by atoms with Crippen molar-refractivity contribution in [1.82, 2.24) is 20.2 Å². The first-order chi connectivity index (χ1) is 10.3. The Hall–Kier alpha value is -2.11. The Morgan fingerprint density at radius 3 is 2.38 bits per heavy atom. The van der Waals surface area contributed by atoms with Crippen LogP contribution in [0, 0.1) is 0 Å². The van der Waals surface area contributed by atoms with E-state index in [-0.39, 0.29) is 0 Å². The van der Waals surface area contributed by atoms with Crippen LogP contribution in [-0.2, 0) is 6.54 Å². The number of nitrogens with zero attached hydrogens (tertiary/aromatic N) is 4. The van der Waals surface area contributed by atoms with Crippen molar-refractivity contribution in [3.63, 3.8) is 0 Å². The Kier molecular flexibility index (Phi) is 4.03. The molecule has 0 fully saturated rings. The van der Waals surface area contributed by atoms with E-state index >= 15 is 0 Å². The van der Waals surface area contributed by atoms with Gasteiger partial charge < -0.3 is 5.32 Å². The van der Waals surface area contributed by atoms with Gasteiger partial charge in [-0.25, -0.2) is 0 Å². The molecule has 0 radical (unpaired) electrons. The van der Waals surface area contributed by atoms with Crippen LogP contribution in [0.2, 0.25) is 10.0 Å². The summed E-state index contributed by atoms with van der Waals surface area (Å²) in [6, 6.07) is 15.0.